The highest BCUT2D eigenvalue weighted by Crippen LogP contribution is 2.14. The van der Waals surface area contributed by atoms with E-state index in [1.165, 1.54) is 0 Å². The van der Waals surface area contributed by atoms with Gasteiger partial charge in [0, 0.05) is 62.1 Å². The van der Waals surface area contributed by atoms with Crippen molar-refractivity contribution in [3.05, 3.63) is 131 Å². The fourth-order valence-corrected chi connectivity index (χ4v) is 3.66. The first kappa shape index (κ1) is 29.5. The summed E-state index contributed by atoms with van der Waals surface area (Å²) in [6, 6.07) is 30.7. The molecule has 0 atom stereocenters. The Labute approximate surface area is 236 Å². The molecule has 0 aliphatic heterocycles. The standard InChI is InChI=1S/2C17H18N2O/c2*1-18-15-8-3-13(4-9-15)5-12-17(20)14-6-10-16(19-2)11-7-14/h2*3-12,18-19H,1-2H3/b2*12-5+. The monoisotopic (exact) mass is 532 g/mol. The van der Waals surface area contributed by atoms with Gasteiger partial charge in [-0.3, -0.25) is 9.59 Å². The van der Waals surface area contributed by atoms with Gasteiger partial charge in [-0.2, -0.15) is 0 Å². The van der Waals surface area contributed by atoms with Crippen LogP contribution >= 0.6 is 0 Å². The molecule has 40 heavy (non-hydrogen) atoms. The molecule has 204 valence electrons. The Hall–Kier alpha value is -5.10. The smallest absolute Gasteiger partial charge is 0.185 e. The average molecular weight is 533 g/mol. The second-order valence-corrected chi connectivity index (χ2v) is 8.79. The second-order valence-electron chi connectivity index (χ2n) is 8.79. The maximum Gasteiger partial charge on any atom is 0.185 e. The lowest BCUT2D eigenvalue weighted by atomic mass is 10.1. The minimum Gasteiger partial charge on any atom is -0.388 e. The van der Waals surface area contributed by atoms with E-state index in [2.05, 4.69) is 21.3 Å². The molecule has 6 nitrogen and oxygen atoms in total. The number of carbonyl (C=O) groups excluding carboxylic acids is 2. The van der Waals surface area contributed by atoms with Crippen LogP contribution in [0.4, 0.5) is 22.7 Å². The van der Waals surface area contributed by atoms with Crippen molar-refractivity contribution in [1.29, 1.82) is 0 Å². The van der Waals surface area contributed by atoms with E-state index < -0.39 is 0 Å². The quantitative estimate of drug-likeness (QED) is 0.126. The molecule has 0 aromatic heterocycles. The van der Waals surface area contributed by atoms with E-state index in [0.29, 0.717) is 11.1 Å². The molecular formula is C34H36N4O2. The van der Waals surface area contributed by atoms with Crippen LogP contribution in [-0.2, 0) is 0 Å². The third kappa shape index (κ3) is 9.03. The van der Waals surface area contributed by atoms with E-state index in [4.69, 9.17) is 0 Å². The average Bonchev–Trinajstić information content (AvgIpc) is 3.03. The highest BCUT2D eigenvalue weighted by Gasteiger charge is 2.02. The fraction of sp³-hybridized carbons (Fsp3) is 0.118. The Morgan fingerprint density at radius 3 is 0.925 bits per heavy atom. The van der Waals surface area contributed by atoms with E-state index in [-0.39, 0.29) is 11.6 Å². The van der Waals surface area contributed by atoms with Crippen molar-refractivity contribution in [3.8, 4) is 0 Å². The summed E-state index contributed by atoms with van der Waals surface area (Å²) in [5.74, 6) is 0.00990. The van der Waals surface area contributed by atoms with E-state index in [0.717, 1.165) is 33.9 Å². The van der Waals surface area contributed by atoms with Gasteiger partial charge in [-0.05, 0) is 96.1 Å². The summed E-state index contributed by atoms with van der Waals surface area (Å²) in [5, 5.41) is 12.2. The molecule has 0 spiro atoms. The molecule has 0 bridgehead atoms. The molecule has 0 heterocycles. The summed E-state index contributed by atoms with van der Waals surface area (Å²) in [6.07, 6.45) is 6.85. The molecule has 4 rings (SSSR count). The van der Waals surface area contributed by atoms with E-state index in [1.54, 1.807) is 12.2 Å². The van der Waals surface area contributed by atoms with Crippen LogP contribution in [0.15, 0.2) is 109 Å². The van der Waals surface area contributed by atoms with Crippen molar-refractivity contribution in [2.24, 2.45) is 0 Å². The van der Waals surface area contributed by atoms with Gasteiger partial charge >= 0.3 is 0 Å². The van der Waals surface area contributed by atoms with Gasteiger partial charge < -0.3 is 21.3 Å². The molecule has 0 aliphatic rings. The van der Waals surface area contributed by atoms with Gasteiger partial charge in [-0.15, -0.1) is 0 Å². The van der Waals surface area contributed by atoms with Gasteiger partial charge in [0.25, 0.3) is 0 Å². The first-order chi connectivity index (χ1) is 19.4. The van der Waals surface area contributed by atoms with Crippen molar-refractivity contribution in [3.63, 3.8) is 0 Å². The van der Waals surface area contributed by atoms with Crippen molar-refractivity contribution in [2.45, 2.75) is 0 Å². The SMILES string of the molecule is CNc1ccc(/C=C/C(=O)c2ccc(NC)cc2)cc1.CNc1ccc(/C=C/C(=O)c2ccc(NC)cc2)cc1. The summed E-state index contributed by atoms with van der Waals surface area (Å²) in [4.78, 5) is 24.0. The van der Waals surface area contributed by atoms with Crippen LogP contribution < -0.4 is 21.3 Å². The number of hydrogen-bond donors (Lipinski definition) is 4. The van der Waals surface area contributed by atoms with Crippen LogP contribution in [0.1, 0.15) is 31.8 Å². The normalized spacial score (nSPS) is 10.5. The number of rotatable bonds is 10. The Balaban J connectivity index is 0.000000220. The van der Waals surface area contributed by atoms with E-state index in [1.807, 2.05) is 137 Å². The third-order valence-corrected chi connectivity index (χ3v) is 6.17. The molecule has 0 unspecified atom stereocenters. The van der Waals surface area contributed by atoms with Crippen molar-refractivity contribution < 1.29 is 9.59 Å². The lowest BCUT2D eigenvalue weighted by Crippen LogP contribution is -1.95. The minimum absolute atomic E-state index is 0.00495. The molecule has 0 saturated carbocycles. The zero-order valence-electron chi connectivity index (χ0n) is 23.4. The minimum atomic E-state index is 0.00495. The Kier molecular flexibility index (Phi) is 11.3. The number of benzene rings is 4. The van der Waals surface area contributed by atoms with Crippen LogP contribution in [0, 0.1) is 0 Å². The first-order valence-electron chi connectivity index (χ1n) is 13.0. The number of carbonyl (C=O) groups is 2. The van der Waals surface area contributed by atoms with Crippen LogP contribution in [0.5, 0.6) is 0 Å². The van der Waals surface area contributed by atoms with Crippen LogP contribution in [0.2, 0.25) is 0 Å². The lowest BCUT2D eigenvalue weighted by Gasteiger charge is -2.01. The van der Waals surface area contributed by atoms with Gasteiger partial charge in [0.05, 0.1) is 0 Å². The molecule has 0 aliphatic carbocycles. The van der Waals surface area contributed by atoms with E-state index in [9.17, 15) is 9.59 Å². The number of anilines is 4. The molecular weight excluding hydrogens is 496 g/mol. The predicted octanol–water partition coefficient (Wildman–Crippen LogP) is 7.33. The molecule has 0 fully saturated rings. The summed E-state index contributed by atoms with van der Waals surface area (Å²) >= 11 is 0. The number of hydrogen-bond acceptors (Lipinski definition) is 6. The highest BCUT2D eigenvalue weighted by molar-refractivity contribution is 6.07. The van der Waals surface area contributed by atoms with Crippen molar-refractivity contribution in [2.75, 3.05) is 49.5 Å². The molecule has 0 saturated heterocycles. The number of allylic oxidation sites excluding steroid dienone is 2. The maximum absolute atomic E-state index is 12.0. The van der Waals surface area contributed by atoms with Crippen LogP contribution in [-0.4, -0.2) is 39.8 Å². The van der Waals surface area contributed by atoms with Gasteiger partial charge in [0.1, 0.15) is 0 Å². The topological polar surface area (TPSA) is 82.3 Å². The molecule has 4 aromatic carbocycles. The zero-order chi connectivity index (χ0) is 28.7. The molecule has 4 N–H and O–H groups in total. The summed E-state index contributed by atoms with van der Waals surface area (Å²) in [6.45, 7) is 0. The number of ketones is 2. The van der Waals surface area contributed by atoms with Gasteiger partial charge in [0.15, 0.2) is 11.6 Å². The highest BCUT2D eigenvalue weighted by atomic mass is 16.1. The zero-order valence-corrected chi connectivity index (χ0v) is 23.4. The first-order valence-corrected chi connectivity index (χ1v) is 13.0. The second kappa shape index (κ2) is 15.3. The Morgan fingerprint density at radius 1 is 0.425 bits per heavy atom. The molecule has 6 heteroatoms. The fourth-order valence-electron chi connectivity index (χ4n) is 3.66. The van der Waals surface area contributed by atoms with Crippen molar-refractivity contribution >= 4 is 46.5 Å². The molecule has 0 amide bonds. The summed E-state index contributed by atoms with van der Waals surface area (Å²) < 4.78 is 0. The van der Waals surface area contributed by atoms with Crippen LogP contribution in [0.3, 0.4) is 0 Å². The largest absolute Gasteiger partial charge is 0.388 e. The van der Waals surface area contributed by atoms with Gasteiger partial charge in [-0.25, -0.2) is 0 Å². The Bertz CT molecular complexity index is 1310. The van der Waals surface area contributed by atoms with Crippen molar-refractivity contribution in [1.82, 2.24) is 0 Å². The van der Waals surface area contributed by atoms with E-state index >= 15 is 0 Å². The van der Waals surface area contributed by atoms with Gasteiger partial charge in [-0.1, -0.05) is 36.4 Å². The maximum atomic E-state index is 12.0. The van der Waals surface area contributed by atoms with Crippen LogP contribution in [0.25, 0.3) is 12.2 Å². The molecule has 4 aromatic rings. The van der Waals surface area contributed by atoms with Gasteiger partial charge in [0.2, 0.25) is 0 Å². The Morgan fingerprint density at radius 2 is 0.675 bits per heavy atom. The predicted molar refractivity (Wildman–Crippen MR) is 171 cm³/mol. The number of nitrogens with one attached hydrogen (secondary N) is 4. The summed E-state index contributed by atoms with van der Waals surface area (Å²) in [7, 11) is 7.46. The lowest BCUT2D eigenvalue weighted by molar-refractivity contribution is 0.103. The molecule has 0 radical (unpaired) electrons. The third-order valence-electron chi connectivity index (χ3n) is 6.17. The summed E-state index contributed by atoms with van der Waals surface area (Å²) in [5.41, 5.74) is 7.47.